The molecule has 1 atom stereocenters. The molecule has 2 aromatic carbocycles. The topological polar surface area (TPSA) is 26.3 Å². The van der Waals surface area contributed by atoms with E-state index in [2.05, 4.69) is 6.07 Å². The van der Waals surface area contributed by atoms with Gasteiger partial charge in [0.05, 0.1) is 0 Å². The van der Waals surface area contributed by atoms with Gasteiger partial charge in [-0.05, 0) is 55.5 Å². The molecule has 0 aliphatic heterocycles. The second-order valence-electron chi connectivity index (χ2n) is 5.40. The lowest BCUT2D eigenvalue weighted by atomic mass is 9.89. The van der Waals surface area contributed by atoms with Crippen LogP contribution in [-0.2, 0) is 6.42 Å². The van der Waals surface area contributed by atoms with Gasteiger partial charge in [0.1, 0.15) is 6.10 Å². The van der Waals surface area contributed by atoms with Crippen LogP contribution in [0.1, 0.15) is 47.4 Å². The highest BCUT2D eigenvalue weighted by molar-refractivity contribution is 5.94. The molecule has 1 aliphatic carbocycles. The van der Waals surface area contributed by atoms with Crippen LogP contribution in [0.15, 0.2) is 42.5 Å². The predicted molar refractivity (Wildman–Crippen MR) is 79.2 cm³/mol. The maximum absolute atomic E-state index is 14.1. The molecule has 21 heavy (non-hydrogen) atoms. The fourth-order valence-electron chi connectivity index (χ4n) is 2.80. The number of ether oxygens (including phenoxy) is 1. The van der Waals surface area contributed by atoms with Gasteiger partial charge in [-0.15, -0.1) is 0 Å². The average Bonchev–Trinajstić information content (AvgIpc) is 2.49. The van der Waals surface area contributed by atoms with Crippen molar-refractivity contribution >= 4 is 5.78 Å². The molecule has 0 N–H and O–H groups in total. The van der Waals surface area contributed by atoms with Gasteiger partial charge in [-0.1, -0.05) is 24.3 Å². The Hall–Kier alpha value is -2.16. The van der Waals surface area contributed by atoms with E-state index in [0.29, 0.717) is 5.56 Å². The number of benzene rings is 2. The number of hydrogen-bond donors (Lipinski definition) is 0. The molecule has 0 heterocycles. The summed E-state index contributed by atoms with van der Waals surface area (Å²) in [6.07, 6.45) is 2.84. The molecule has 0 aromatic heterocycles. The first-order valence-corrected chi connectivity index (χ1v) is 7.20. The van der Waals surface area contributed by atoms with E-state index in [-0.39, 0.29) is 17.6 Å². The number of fused-ring (bicyclic) bond motifs is 1. The maximum Gasteiger partial charge on any atom is 0.165 e. The van der Waals surface area contributed by atoms with Crippen molar-refractivity contribution in [3.05, 3.63) is 65.0 Å². The van der Waals surface area contributed by atoms with Crippen LogP contribution in [0.25, 0.3) is 0 Å². The lowest BCUT2D eigenvalue weighted by molar-refractivity contribution is 0.101. The Morgan fingerprint density at radius 1 is 1.24 bits per heavy atom. The second-order valence-corrected chi connectivity index (χ2v) is 5.40. The Bertz CT molecular complexity index is 679. The van der Waals surface area contributed by atoms with Gasteiger partial charge in [-0.25, -0.2) is 4.39 Å². The van der Waals surface area contributed by atoms with E-state index in [1.54, 1.807) is 12.1 Å². The predicted octanol–water partition coefficient (Wildman–Crippen LogP) is 4.48. The quantitative estimate of drug-likeness (QED) is 0.776. The largest absolute Gasteiger partial charge is 0.483 e. The summed E-state index contributed by atoms with van der Waals surface area (Å²) in [6.45, 7) is 1.42. The zero-order valence-electron chi connectivity index (χ0n) is 11.9. The summed E-state index contributed by atoms with van der Waals surface area (Å²) in [5.41, 5.74) is 2.78. The van der Waals surface area contributed by atoms with E-state index in [1.165, 1.54) is 18.6 Å². The highest BCUT2D eigenvalue weighted by atomic mass is 19.1. The smallest absolute Gasteiger partial charge is 0.165 e. The molecule has 3 rings (SSSR count). The number of ketones is 1. The molecule has 1 unspecified atom stereocenters. The third kappa shape index (κ3) is 2.82. The minimum Gasteiger partial charge on any atom is -0.483 e. The normalized spacial score (nSPS) is 17.1. The number of carbonyl (C=O) groups is 1. The highest BCUT2D eigenvalue weighted by Gasteiger charge is 2.22. The standard InChI is InChI=1S/C18H17FO2/c1-12(20)14-9-10-18(16(19)11-14)21-17-8-4-6-13-5-2-3-7-15(13)17/h2-3,5,7,9-11,17H,4,6,8H2,1H3. The van der Waals surface area contributed by atoms with Gasteiger partial charge in [0.2, 0.25) is 0 Å². The minimum absolute atomic E-state index is 0.118. The monoisotopic (exact) mass is 284 g/mol. The second kappa shape index (κ2) is 5.68. The zero-order valence-corrected chi connectivity index (χ0v) is 11.9. The Morgan fingerprint density at radius 3 is 2.81 bits per heavy atom. The molecular weight excluding hydrogens is 267 g/mol. The van der Waals surface area contributed by atoms with E-state index in [0.717, 1.165) is 24.8 Å². The van der Waals surface area contributed by atoms with E-state index < -0.39 is 5.82 Å². The average molecular weight is 284 g/mol. The molecule has 0 radical (unpaired) electrons. The Labute approximate surface area is 123 Å². The summed E-state index contributed by atoms with van der Waals surface area (Å²) >= 11 is 0. The molecule has 2 nitrogen and oxygen atoms in total. The summed E-state index contributed by atoms with van der Waals surface area (Å²) < 4.78 is 19.9. The molecule has 0 bridgehead atoms. The molecule has 0 saturated carbocycles. The molecule has 3 heteroatoms. The van der Waals surface area contributed by atoms with E-state index >= 15 is 0 Å². The van der Waals surface area contributed by atoms with Crippen molar-refractivity contribution in [2.75, 3.05) is 0 Å². The number of Topliss-reactive ketones (excluding diaryl/α,β-unsaturated/α-hetero) is 1. The van der Waals surface area contributed by atoms with E-state index in [9.17, 15) is 9.18 Å². The molecular formula is C18H17FO2. The molecule has 0 amide bonds. The van der Waals surface area contributed by atoms with Crippen LogP contribution >= 0.6 is 0 Å². The van der Waals surface area contributed by atoms with Crippen molar-refractivity contribution in [2.24, 2.45) is 0 Å². The maximum atomic E-state index is 14.1. The van der Waals surface area contributed by atoms with Gasteiger partial charge in [0.25, 0.3) is 0 Å². The van der Waals surface area contributed by atoms with Gasteiger partial charge in [0.15, 0.2) is 17.3 Å². The Morgan fingerprint density at radius 2 is 2.05 bits per heavy atom. The molecule has 1 aliphatic rings. The first kappa shape index (κ1) is 13.8. The Kier molecular flexibility index (Phi) is 3.74. The molecule has 0 saturated heterocycles. The summed E-state index contributed by atoms with van der Waals surface area (Å²) in [5.74, 6) is -0.420. The zero-order chi connectivity index (χ0) is 14.8. The van der Waals surface area contributed by atoms with E-state index in [1.807, 2.05) is 18.2 Å². The fraction of sp³-hybridized carbons (Fsp3) is 0.278. The molecule has 0 spiro atoms. The summed E-state index contributed by atoms with van der Waals surface area (Å²) in [4.78, 5) is 11.3. The first-order chi connectivity index (χ1) is 10.1. The number of carbonyl (C=O) groups excluding carboxylic acids is 1. The van der Waals surface area contributed by atoms with Crippen LogP contribution < -0.4 is 4.74 Å². The fourth-order valence-corrected chi connectivity index (χ4v) is 2.80. The van der Waals surface area contributed by atoms with Crippen LogP contribution in [0, 0.1) is 5.82 Å². The van der Waals surface area contributed by atoms with Gasteiger partial charge in [0, 0.05) is 5.56 Å². The van der Waals surface area contributed by atoms with Gasteiger partial charge in [-0.3, -0.25) is 4.79 Å². The minimum atomic E-state index is -0.481. The molecule has 0 fully saturated rings. The molecule has 2 aromatic rings. The van der Waals surface area contributed by atoms with Crippen molar-refractivity contribution < 1.29 is 13.9 Å². The lowest BCUT2D eigenvalue weighted by Gasteiger charge is -2.26. The van der Waals surface area contributed by atoms with Crippen molar-refractivity contribution in [2.45, 2.75) is 32.3 Å². The van der Waals surface area contributed by atoms with Crippen molar-refractivity contribution in [3.63, 3.8) is 0 Å². The molecule has 108 valence electrons. The van der Waals surface area contributed by atoms with Crippen LogP contribution in [0.2, 0.25) is 0 Å². The van der Waals surface area contributed by atoms with Gasteiger partial charge >= 0.3 is 0 Å². The number of hydrogen-bond acceptors (Lipinski definition) is 2. The third-order valence-corrected chi connectivity index (χ3v) is 3.92. The summed E-state index contributed by atoms with van der Waals surface area (Å²) in [5, 5.41) is 0. The SMILES string of the molecule is CC(=O)c1ccc(OC2CCCc3ccccc32)c(F)c1. The lowest BCUT2D eigenvalue weighted by Crippen LogP contribution is -2.15. The van der Waals surface area contributed by atoms with Crippen LogP contribution in [0.5, 0.6) is 5.75 Å². The van der Waals surface area contributed by atoms with Crippen molar-refractivity contribution in [3.8, 4) is 5.75 Å². The van der Waals surface area contributed by atoms with Crippen LogP contribution in [0.4, 0.5) is 4.39 Å². The third-order valence-electron chi connectivity index (χ3n) is 3.92. The highest BCUT2D eigenvalue weighted by Crippen LogP contribution is 2.34. The van der Waals surface area contributed by atoms with Crippen molar-refractivity contribution in [1.82, 2.24) is 0 Å². The van der Waals surface area contributed by atoms with Crippen LogP contribution in [-0.4, -0.2) is 5.78 Å². The number of halogens is 1. The van der Waals surface area contributed by atoms with Crippen molar-refractivity contribution in [1.29, 1.82) is 0 Å². The van der Waals surface area contributed by atoms with Gasteiger partial charge in [-0.2, -0.15) is 0 Å². The van der Waals surface area contributed by atoms with Gasteiger partial charge < -0.3 is 4.74 Å². The number of rotatable bonds is 3. The van der Waals surface area contributed by atoms with Crippen LogP contribution in [0.3, 0.4) is 0 Å². The Balaban J connectivity index is 1.86. The first-order valence-electron chi connectivity index (χ1n) is 7.20. The summed E-state index contributed by atoms with van der Waals surface area (Å²) in [6, 6.07) is 12.5. The van der Waals surface area contributed by atoms with E-state index in [4.69, 9.17) is 4.74 Å². The summed E-state index contributed by atoms with van der Waals surface area (Å²) in [7, 11) is 0. The number of aryl methyl sites for hydroxylation is 1.